The van der Waals surface area contributed by atoms with Crippen LogP contribution in [-0.4, -0.2) is 14.8 Å². The Morgan fingerprint density at radius 3 is 2.79 bits per heavy atom. The SMILES string of the molecule is Cc1nn(Cc2ccccc2F)c2ncc(F)cc12. The highest BCUT2D eigenvalue weighted by atomic mass is 19.1. The molecule has 0 aliphatic carbocycles. The molecule has 0 radical (unpaired) electrons. The van der Waals surface area contributed by atoms with Crippen LogP contribution in [-0.2, 0) is 6.54 Å². The van der Waals surface area contributed by atoms with Gasteiger partial charge in [0.1, 0.15) is 11.6 Å². The third-order valence-corrected chi connectivity index (χ3v) is 3.02. The Labute approximate surface area is 108 Å². The monoisotopic (exact) mass is 259 g/mol. The Morgan fingerprint density at radius 2 is 2.00 bits per heavy atom. The second-order valence-corrected chi connectivity index (χ2v) is 4.36. The lowest BCUT2D eigenvalue weighted by atomic mass is 10.2. The van der Waals surface area contributed by atoms with E-state index in [0.717, 1.165) is 6.20 Å². The maximum Gasteiger partial charge on any atom is 0.158 e. The molecule has 3 nitrogen and oxygen atoms in total. The Bertz CT molecular complexity index is 750. The predicted molar refractivity (Wildman–Crippen MR) is 67.7 cm³/mol. The highest BCUT2D eigenvalue weighted by Gasteiger charge is 2.11. The zero-order valence-electron chi connectivity index (χ0n) is 10.3. The molecule has 2 heterocycles. The van der Waals surface area contributed by atoms with Crippen LogP contribution < -0.4 is 0 Å². The van der Waals surface area contributed by atoms with Gasteiger partial charge in [-0.05, 0) is 19.1 Å². The summed E-state index contributed by atoms with van der Waals surface area (Å²) in [5.41, 5.74) is 1.76. The molecule has 19 heavy (non-hydrogen) atoms. The molecule has 0 bridgehead atoms. The van der Waals surface area contributed by atoms with Crippen LogP contribution in [0.3, 0.4) is 0 Å². The van der Waals surface area contributed by atoms with E-state index in [-0.39, 0.29) is 12.4 Å². The van der Waals surface area contributed by atoms with Gasteiger partial charge in [-0.3, -0.25) is 0 Å². The fraction of sp³-hybridized carbons (Fsp3) is 0.143. The summed E-state index contributed by atoms with van der Waals surface area (Å²) in [6.45, 7) is 2.05. The molecular formula is C14H11F2N3. The number of fused-ring (bicyclic) bond motifs is 1. The van der Waals surface area contributed by atoms with Gasteiger partial charge in [0.2, 0.25) is 0 Å². The number of hydrogen-bond donors (Lipinski definition) is 0. The molecule has 0 unspecified atom stereocenters. The van der Waals surface area contributed by atoms with Crippen molar-refractivity contribution in [2.75, 3.05) is 0 Å². The summed E-state index contributed by atoms with van der Waals surface area (Å²) in [6.07, 6.45) is 1.14. The standard InChI is InChI=1S/C14H11F2N3/c1-9-12-6-11(15)7-17-14(12)19(18-9)8-10-4-2-3-5-13(10)16/h2-7H,8H2,1H3. The van der Waals surface area contributed by atoms with E-state index in [1.54, 1.807) is 29.8 Å². The zero-order valence-corrected chi connectivity index (χ0v) is 10.3. The van der Waals surface area contributed by atoms with E-state index in [1.165, 1.54) is 12.1 Å². The summed E-state index contributed by atoms with van der Waals surface area (Å²) < 4.78 is 28.4. The van der Waals surface area contributed by atoms with Gasteiger partial charge in [0.25, 0.3) is 0 Å². The molecule has 0 spiro atoms. The van der Waals surface area contributed by atoms with E-state index in [0.29, 0.717) is 22.3 Å². The average molecular weight is 259 g/mol. The van der Waals surface area contributed by atoms with Crippen LogP contribution in [0.25, 0.3) is 11.0 Å². The topological polar surface area (TPSA) is 30.7 Å². The molecule has 0 amide bonds. The lowest BCUT2D eigenvalue weighted by Gasteiger charge is -2.04. The van der Waals surface area contributed by atoms with Crippen LogP contribution in [0.2, 0.25) is 0 Å². The first-order chi connectivity index (χ1) is 9.15. The normalized spacial score (nSPS) is 11.1. The fourth-order valence-corrected chi connectivity index (χ4v) is 2.08. The van der Waals surface area contributed by atoms with E-state index in [9.17, 15) is 8.78 Å². The summed E-state index contributed by atoms with van der Waals surface area (Å²) >= 11 is 0. The van der Waals surface area contributed by atoms with Crippen LogP contribution >= 0.6 is 0 Å². The molecular weight excluding hydrogens is 248 g/mol. The summed E-state index contributed by atoms with van der Waals surface area (Å²) in [5, 5.41) is 4.94. The van der Waals surface area contributed by atoms with Gasteiger partial charge in [-0.1, -0.05) is 18.2 Å². The molecule has 0 saturated heterocycles. The predicted octanol–water partition coefficient (Wildman–Crippen LogP) is 3.07. The Kier molecular flexibility index (Phi) is 2.74. The first-order valence-corrected chi connectivity index (χ1v) is 5.87. The van der Waals surface area contributed by atoms with Gasteiger partial charge in [-0.25, -0.2) is 18.4 Å². The molecule has 2 aromatic heterocycles. The summed E-state index contributed by atoms with van der Waals surface area (Å²) in [7, 11) is 0. The van der Waals surface area contributed by atoms with Crippen molar-refractivity contribution in [1.82, 2.24) is 14.8 Å². The molecule has 0 aliphatic rings. The van der Waals surface area contributed by atoms with E-state index >= 15 is 0 Å². The molecule has 0 saturated carbocycles. The van der Waals surface area contributed by atoms with E-state index < -0.39 is 5.82 Å². The van der Waals surface area contributed by atoms with Crippen molar-refractivity contribution >= 4 is 11.0 Å². The molecule has 96 valence electrons. The van der Waals surface area contributed by atoms with Gasteiger partial charge in [-0.15, -0.1) is 0 Å². The minimum Gasteiger partial charge on any atom is -0.242 e. The second-order valence-electron chi connectivity index (χ2n) is 4.36. The van der Waals surface area contributed by atoms with Crippen LogP contribution in [0.4, 0.5) is 8.78 Å². The third-order valence-electron chi connectivity index (χ3n) is 3.02. The molecule has 0 aliphatic heterocycles. The molecule has 5 heteroatoms. The number of pyridine rings is 1. The van der Waals surface area contributed by atoms with Crippen molar-refractivity contribution in [2.45, 2.75) is 13.5 Å². The molecule has 0 N–H and O–H groups in total. The summed E-state index contributed by atoms with van der Waals surface area (Å²) in [6, 6.07) is 7.90. The van der Waals surface area contributed by atoms with Crippen molar-refractivity contribution in [3.8, 4) is 0 Å². The Balaban J connectivity index is 2.09. The number of nitrogens with zero attached hydrogens (tertiary/aromatic N) is 3. The van der Waals surface area contributed by atoms with Gasteiger partial charge < -0.3 is 0 Å². The first-order valence-electron chi connectivity index (χ1n) is 5.87. The Morgan fingerprint density at radius 1 is 1.21 bits per heavy atom. The largest absolute Gasteiger partial charge is 0.242 e. The van der Waals surface area contributed by atoms with Gasteiger partial charge >= 0.3 is 0 Å². The lowest BCUT2D eigenvalue weighted by Crippen LogP contribution is -2.04. The maximum absolute atomic E-state index is 13.6. The van der Waals surface area contributed by atoms with Gasteiger partial charge in [0.05, 0.1) is 18.4 Å². The van der Waals surface area contributed by atoms with Gasteiger partial charge in [0.15, 0.2) is 5.65 Å². The minimum absolute atomic E-state index is 0.273. The third kappa shape index (κ3) is 2.07. The number of rotatable bonds is 2. The quantitative estimate of drug-likeness (QED) is 0.708. The number of aryl methyl sites for hydroxylation is 1. The van der Waals surface area contributed by atoms with Gasteiger partial charge in [0, 0.05) is 10.9 Å². The van der Waals surface area contributed by atoms with Crippen molar-refractivity contribution in [2.24, 2.45) is 0 Å². The van der Waals surface area contributed by atoms with E-state index in [1.807, 2.05) is 0 Å². The van der Waals surface area contributed by atoms with Gasteiger partial charge in [-0.2, -0.15) is 5.10 Å². The minimum atomic E-state index is -0.402. The van der Waals surface area contributed by atoms with Crippen molar-refractivity contribution in [3.05, 3.63) is 59.4 Å². The van der Waals surface area contributed by atoms with Crippen LogP contribution in [0.5, 0.6) is 0 Å². The highest BCUT2D eigenvalue weighted by molar-refractivity contribution is 5.78. The van der Waals surface area contributed by atoms with Crippen LogP contribution in [0.1, 0.15) is 11.3 Å². The highest BCUT2D eigenvalue weighted by Crippen LogP contribution is 2.18. The zero-order chi connectivity index (χ0) is 13.4. The molecule has 0 atom stereocenters. The van der Waals surface area contributed by atoms with E-state index in [2.05, 4.69) is 10.1 Å². The summed E-state index contributed by atoms with van der Waals surface area (Å²) in [4.78, 5) is 4.03. The average Bonchev–Trinajstić information content (AvgIpc) is 2.69. The number of aromatic nitrogens is 3. The first kappa shape index (κ1) is 11.8. The number of benzene rings is 1. The molecule has 0 fully saturated rings. The van der Waals surface area contributed by atoms with Crippen molar-refractivity contribution in [3.63, 3.8) is 0 Å². The maximum atomic E-state index is 13.6. The fourth-order valence-electron chi connectivity index (χ4n) is 2.08. The van der Waals surface area contributed by atoms with Crippen molar-refractivity contribution in [1.29, 1.82) is 0 Å². The lowest BCUT2D eigenvalue weighted by molar-refractivity contribution is 0.587. The molecule has 3 aromatic rings. The Hall–Kier alpha value is -2.30. The molecule has 1 aromatic carbocycles. The van der Waals surface area contributed by atoms with E-state index in [4.69, 9.17) is 0 Å². The second kappa shape index (κ2) is 4.42. The number of halogens is 2. The summed E-state index contributed by atoms with van der Waals surface area (Å²) in [5.74, 6) is -0.688. The van der Waals surface area contributed by atoms with Crippen LogP contribution in [0.15, 0.2) is 36.5 Å². The van der Waals surface area contributed by atoms with Crippen LogP contribution in [0, 0.1) is 18.6 Å². The molecule has 3 rings (SSSR count). The smallest absolute Gasteiger partial charge is 0.158 e. The number of hydrogen-bond acceptors (Lipinski definition) is 2. The van der Waals surface area contributed by atoms with Crippen molar-refractivity contribution < 1.29 is 8.78 Å².